The first-order chi connectivity index (χ1) is 16.0. The Hall–Kier alpha value is -3.86. The molecule has 3 N–H and O–H groups in total. The molecular formula is C22H16ClF3N4O4. The number of rotatable bonds is 5. The smallest absolute Gasteiger partial charge is 0.326 e. The summed E-state index contributed by atoms with van der Waals surface area (Å²) in [5, 5.41) is 3.92. The number of hydrogen-bond acceptors (Lipinski definition) is 4. The second-order valence-electron chi connectivity index (χ2n) is 7.53. The third kappa shape index (κ3) is 3.87. The number of benzene rings is 2. The fourth-order valence-corrected chi connectivity index (χ4v) is 3.89. The van der Waals surface area contributed by atoms with Gasteiger partial charge < -0.3 is 10.6 Å². The number of anilines is 1. The van der Waals surface area contributed by atoms with Gasteiger partial charge in [0.2, 0.25) is 0 Å². The van der Waals surface area contributed by atoms with Crippen molar-refractivity contribution in [3.63, 3.8) is 0 Å². The molecule has 0 saturated heterocycles. The fourth-order valence-electron chi connectivity index (χ4n) is 3.77. The zero-order valence-corrected chi connectivity index (χ0v) is 18.0. The van der Waals surface area contributed by atoms with E-state index < -0.39 is 46.2 Å². The molecule has 4 rings (SSSR count). The SMILES string of the molecule is O=C(N[C@]1(C(F)(F)F)C(=O)Nc2c1c(=O)[nH]c(=O)n2CCc1ccccc1)c1ccc(Cl)cc1. The molecule has 8 nitrogen and oxygen atoms in total. The number of carbonyl (C=O) groups excluding carboxylic acids is 2. The number of fused-ring (bicyclic) bond motifs is 1. The van der Waals surface area contributed by atoms with Crippen molar-refractivity contribution in [3.05, 3.63) is 97.1 Å². The van der Waals surface area contributed by atoms with E-state index in [4.69, 9.17) is 11.6 Å². The van der Waals surface area contributed by atoms with Gasteiger partial charge in [0.1, 0.15) is 11.4 Å². The zero-order chi connectivity index (χ0) is 24.7. The maximum atomic E-state index is 14.4. The summed E-state index contributed by atoms with van der Waals surface area (Å²) in [4.78, 5) is 52.3. The number of halogens is 4. The van der Waals surface area contributed by atoms with Gasteiger partial charge in [-0.3, -0.25) is 23.9 Å². The van der Waals surface area contributed by atoms with Gasteiger partial charge in [0.25, 0.3) is 22.9 Å². The first kappa shape index (κ1) is 23.3. The molecule has 2 heterocycles. The highest BCUT2D eigenvalue weighted by atomic mass is 35.5. The standard InChI is InChI=1S/C22H16ClF3N4O4/c23-14-8-6-13(7-9-14)17(31)29-21(22(24,25)26)15-16(27-19(21)33)30(20(34)28-18(15)32)11-10-12-4-2-1-3-5-12/h1-9H,10-11H2,(H,27,33)(H,29,31)(H,28,32,34)/t21-/m0/s1. The van der Waals surface area contributed by atoms with Crippen LogP contribution < -0.4 is 21.9 Å². The topological polar surface area (TPSA) is 113 Å². The molecule has 12 heteroatoms. The molecule has 0 aliphatic carbocycles. The average Bonchev–Trinajstić information content (AvgIpc) is 3.08. The summed E-state index contributed by atoms with van der Waals surface area (Å²) >= 11 is 5.75. The predicted octanol–water partition coefficient (Wildman–Crippen LogP) is 2.57. The van der Waals surface area contributed by atoms with Crippen LogP contribution in [0.1, 0.15) is 21.5 Å². The molecule has 1 aromatic heterocycles. The van der Waals surface area contributed by atoms with Crippen molar-refractivity contribution in [1.29, 1.82) is 0 Å². The van der Waals surface area contributed by atoms with Gasteiger partial charge in [-0.25, -0.2) is 4.79 Å². The van der Waals surface area contributed by atoms with Gasteiger partial charge in [-0.05, 0) is 36.2 Å². The maximum Gasteiger partial charge on any atom is 0.425 e. The second kappa shape index (κ2) is 8.49. The summed E-state index contributed by atoms with van der Waals surface area (Å²) in [7, 11) is 0. The molecule has 34 heavy (non-hydrogen) atoms. The highest BCUT2D eigenvalue weighted by molar-refractivity contribution is 6.30. The van der Waals surface area contributed by atoms with E-state index in [0.29, 0.717) is 0 Å². The van der Waals surface area contributed by atoms with E-state index in [1.54, 1.807) is 35.6 Å². The molecule has 0 fully saturated rings. The maximum absolute atomic E-state index is 14.4. The number of aromatic nitrogens is 2. The number of nitrogens with zero attached hydrogens (tertiary/aromatic N) is 1. The molecule has 0 radical (unpaired) electrons. The zero-order valence-electron chi connectivity index (χ0n) is 17.2. The lowest BCUT2D eigenvalue weighted by Gasteiger charge is -2.30. The Labute approximate surface area is 194 Å². The van der Waals surface area contributed by atoms with E-state index >= 15 is 0 Å². The van der Waals surface area contributed by atoms with Crippen molar-refractivity contribution in [2.45, 2.75) is 24.7 Å². The van der Waals surface area contributed by atoms with Gasteiger partial charge >= 0.3 is 11.9 Å². The molecule has 0 unspecified atom stereocenters. The number of H-pyrrole nitrogens is 1. The number of aryl methyl sites for hydroxylation is 1. The number of hydrogen-bond donors (Lipinski definition) is 3. The van der Waals surface area contributed by atoms with Crippen LogP contribution in [0.15, 0.2) is 64.2 Å². The van der Waals surface area contributed by atoms with Crippen LogP contribution in [-0.2, 0) is 23.3 Å². The molecule has 1 atom stereocenters. The van der Waals surface area contributed by atoms with Crippen LogP contribution in [0.2, 0.25) is 5.02 Å². The highest BCUT2D eigenvalue weighted by Gasteiger charge is 2.68. The van der Waals surface area contributed by atoms with E-state index in [9.17, 15) is 32.3 Å². The molecule has 2 amide bonds. The molecular weight excluding hydrogens is 477 g/mol. The monoisotopic (exact) mass is 492 g/mol. The van der Waals surface area contributed by atoms with Crippen molar-refractivity contribution in [1.82, 2.24) is 14.9 Å². The Kier molecular flexibility index (Phi) is 5.82. The summed E-state index contributed by atoms with van der Waals surface area (Å²) in [6.07, 6.45) is -5.19. The average molecular weight is 493 g/mol. The molecule has 2 aromatic carbocycles. The Morgan fingerprint density at radius 1 is 1.03 bits per heavy atom. The minimum Gasteiger partial charge on any atom is -0.326 e. The number of aromatic amines is 1. The van der Waals surface area contributed by atoms with Gasteiger partial charge in [-0.1, -0.05) is 41.9 Å². The second-order valence-corrected chi connectivity index (χ2v) is 7.97. The third-order valence-electron chi connectivity index (χ3n) is 5.45. The van der Waals surface area contributed by atoms with Crippen molar-refractivity contribution >= 4 is 29.2 Å². The number of amides is 2. The Balaban J connectivity index is 1.82. The van der Waals surface area contributed by atoms with Gasteiger partial charge in [-0.15, -0.1) is 0 Å². The van der Waals surface area contributed by atoms with Crippen LogP contribution in [0.4, 0.5) is 19.0 Å². The van der Waals surface area contributed by atoms with Crippen molar-refractivity contribution in [2.75, 3.05) is 5.32 Å². The molecule has 0 spiro atoms. The van der Waals surface area contributed by atoms with Crippen molar-refractivity contribution < 1.29 is 22.8 Å². The Morgan fingerprint density at radius 2 is 1.68 bits per heavy atom. The van der Waals surface area contributed by atoms with Gasteiger partial charge in [0, 0.05) is 17.1 Å². The summed E-state index contributed by atoms with van der Waals surface area (Å²) in [6, 6.07) is 13.7. The fraction of sp³-hybridized carbons (Fsp3) is 0.182. The van der Waals surface area contributed by atoms with Crippen LogP contribution in [-0.4, -0.2) is 27.5 Å². The summed E-state index contributed by atoms with van der Waals surface area (Å²) in [5.74, 6) is -3.59. The minimum atomic E-state index is -5.42. The van der Waals surface area contributed by atoms with E-state index in [2.05, 4.69) is 0 Å². The lowest BCUT2D eigenvalue weighted by atomic mass is 9.91. The molecule has 1 aliphatic rings. The lowest BCUT2D eigenvalue weighted by Crippen LogP contribution is -2.62. The minimum absolute atomic E-state index is 0.138. The third-order valence-corrected chi connectivity index (χ3v) is 5.70. The normalized spacial score (nSPS) is 17.2. The summed E-state index contributed by atoms with van der Waals surface area (Å²) in [6.45, 7) is -0.138. The number of nitrogens with one attached hydrogen (secondary N) is 3. The van der Waals surface area contributed by atoms with Gasteiger partial charge in [0.05, 0.1) is 0 Å². The Bertz CT molecular complexity index is 1380. The van der Waals surface area contributed by atoms with E-state index in [-0.39, 0.29) is 23.6 Å². The number of carbonyl (C=O) groups is 2. The van der Waals surface area contributed by atoms with E-state index in [0.717, 1.165) is 10.1 Å². The van der Waals surface area contributed by atoms with Gasteiger partial charge in [0.15, 0.2) is 0 Å². The molecule has 1 aliphatic heterocycles. The van der Waals surface area contributed by atoms with Crippen molar-refractivity contribution in [3.8, 4) is 0 Å². The van der Waals surface area contributed by atoms with Gasteiger partial charge in [-0.2, -0.15) is 13.2 Å². The highest BCUT2D eigenvalue weighted by Crippen LogP contribution is 2.45. The van der Waals surface area contributed by atoms with Crippen LogP contribution in [0, 0.1) is 0 Å². The van der Waals surface area contributed by atoms with Crippen LogP contribution in [0.25, 0.3) is 0 Å². The van der Waals surface area contributed by atoms with Crippen LogP contribution in [0.3, 0.4) is 0 Å². The number of alkyl halides is 3. The molecule has 0 saturated carbocycles. The largest absolute Gasteiger partial charge is 0.425 e. The summed E-state index contributed by atoms with van der Waals surface area (Å²) in [5.41, 5.74) is -6.71. The van der Waals surface area contributed by atoms with Crippen LogP contribution in [0.5, 0.6) is 0 Å². The van der Waals surface area contributed by atoms with E-state index in [1.807, 2.05) is 10.3 Å². The lowest BCUT2D eigenvalue weighted by molar-refractivity contribution is -0.196. The van der Waals surface area contributed by atoms with Crippen LogP contribution >= 0.6 is 11.6 Å². The molecule has 0 bridgehead atoms. The first-order valence-corrected chi connectivity index (χ1v) is 10.3. The molecule has 176 valence electrons. The van der Waals surface area contributed by atoms with E-state index in [1.165, 1.54) is 24.3 Å². The summed E-state index contributed by atoms with van der Waals surface area (Å²) < 4.78 is 44.1. The predicted molar refractivity (Wildman–Crippen MR) is 117 cm³/mol. The molecule has 3 aromatic rings. The van der Waals surface area contributed by atoms with Crippen molar-refractivity contribution in [2.24, 2.45) is 0 Å². The Morgan fingerprint density at radius 3 is 2.29 bits per heavy atom. The first-order valence-electron chi connectivity index (χ1n) is 9.92. The quantitative estimate of drug-likeness (QED) is 0.508.